The highest BCUT2D eigenvalue weighted by atomic mass is 16.5. The fraction of sp³-hybridized carbons (Fsp3) is 0.667. The van der Waals surface area contributed by atoms with Crippen molar-refractivity contribution in [2.75, 3.05) is 7.11 Å². The molecule has 0 aliphatic carbocycles. The van der Waals surface area contributed by atoms with Gasteiger partial charge in [-0.3, -0.25) is 0 Å². The molecule has 0 unspecified atom stereocenters. The molecule has 13 heavy (non-hydrogen) atoms. The Labute approximate surface area is 78.4 Å². The largest absolute Gasteiger partial charge is 0.467 e. The molecule has 0 bridgehead atoms. The second-order valence-corrected chi connectivity index (χ2v) is 2.76. The Kier molecular flexibility index (Phi) is 3.61. The molecule has 0 fully saturated rings. The van der Waals surface area contributed by atoms with E-state index in [1.807, 2.05) is 6.92 Å². The lowest BCUT2D eigenvalue weighted by Gasteiger charge is -2.03. The van der Waals surface area contributed by atoms with Crippen LogP contribution in [0, 0.1) is 0 Å². The summed E-state index contributed by atoms with van der Waals surface area (Å²) in [5.41, 5.74) is 0. The van der Waals surface area contributed by atoms with Gasteiger partial charge < -0.3 is 4.74 Å². The van der Waals surface area contributed by atoms with Gasteiger partial charge in [-0.1, -0.05) is 13.8 Å². The van der Waals surface area contributed by atoms with Crippen LogP contribution in [0.2, 0.25) is 0 Å². The van der Waals surface area contributed by atoms with Crippen LogP contribution in [0.1, 0.15) is 31.9 Å². The van der Waals surface area contributed by atoms with E-state index >= 15 is 0 Å². The molecule has 0 atom stereocenters. The van der Waals surface area contributed by atoms with Crippen LogP contribution in [0.5, 0.6) is 6.01 Å². The van der Waals surface area contributed by atoms with Gasteiger partial charge in [0, 0.05) is 12.8 Å². The van der Waals surface area contributed by atoms with Crippen molar-refractivity contribution in [1.82, 2.24) is 15.0 Å². The number of aromatic nitrogens is 3. The predicted molar refractivity (Wildman–Crippen MR) is 49.8 cm³/mol. The van der Waals surface area contributed by atoms with E-state index in [9.17, 15) is 0 Å². The first-order valence-electron chi connectivity index (χ1n) is 4.58. The summed E-state index contributed by atoms with van der Waals surface area (Å²) >= 11 is 0. The van der Waals surface area contributed by atoms with Crippen LogP contribution in [0.25, 0.3) is 0 Å². The Hall–Kier alpha value is -1.19. The third-order valence-corrected chi connectivity index (χ3v) is 1.68. The lowest BCUT2D eigenvalue weighted by Crippen LogP contribution is -2.04. The highest BCUT2D eigenvalue weighted by Crippen LogP contribution is 2.05. The number of rotatable bonds is 4. The van der Waals surface area contributed by atoms with Crippen LogP contribution in [0.15, 0.2) is 0 Å². The van der Waals surface area contributed by atoms with Crippen molar-refractivity contribution in [3.05, 3.63) is 11.6 Å². The van der Waals surface area contributed by atoms with Crippen molar-refractivity contribution in [3.8, 4) is 6.01 Å². The minimum Gasteiger partial charge on any atom is -0.467 e. The summed E-state index contributed by atoms with van der Waals surface area (Å²) in [7, 11) is 1.57. The second-order valence-electron chi connectivity index (χ2n) is 2.76. The van der Waals surface area contributed by atoms with Gasteiger partial charge in [-0.25, -0.2) is 4.98 Å². The summed E-state index contributed by atoms with van der Waals surface area (Å²) in [5.74, 6) is 1.63. The van der Waals surface area contributed by atoms with Gasteiger partial charge in [0.1, 0.15) is 11.6 Å². The van der Waals surface area contributed by atoms with E-state index in [0.717, 1.165) is 30.9 Å². The molecule has 0 saturated carbocycles. The van der Waals surface area contributed by atoms with Gasteiger partial charge in [-0.2, -0.15) is 9.97 Å². The molecule has 4 nitrogen and oxygen atoms in total. The van der Waals surface area contributed by atoms with E-state index < -0.39 is 0 Å². The number of methoxy groups -OCH3 is 1. The quantitative estimate of drug-likeness (QED) is 0.704. The van der Waals surface area contributed by atoms with E-state index in [-0.39, 0.29) is 0 Å². The molecular weight excluding hydrogens is 166 g/mol. The average Bonchev–Trinajstić information content (AvgIpc) is 2.17. The Balaban J connectivity index is 2.93. The smallest absolute Gasteiger partial charge is 0.319 e. The molecule has 0 aliphatic heterocycles. The monoisotopic (exact) mass is 181 g/mol. The molecule has 1 aromatic heterocycles. The van der Waals surface area contributed by atoms with Gasteiger partial charge in [0.25, 0.3) is 0 Å². The minimum absolute atomic E-state index is 0.426. The van der Waals surface area contributed by atoms with Crippen LogP contribution in [-0.2, 0) is 12.8 Å². The van der Waals surface area contributed by atoms with Gasteiger partial charge in [0.05, 0.1) is 7.11 Å². The van der Waals surface area contributed by atoms with Gasteiger partial charge >= 0.3 is 6.01 Å². The summed E-state index contributed by atoms with van der Waals surface area (Å²) in [5, 5.41) is 0. The summed E-state index contributed by atoms with van der Waals surface area (Å²) in [6.07, 6.45) is 2.73. The molecule has 0 aromatic carbocycles. The maximum atomic E-state index is 4.98. The van der Waals surface area contributed by atoms with Crippen LogP contribution in [-0.4, -0.2) is 22.1 Å². The minimum atomic E-state index is 0.426. The lowest BCUT2D eigenvalue weighted by molar-refractivity contribution is 0.373. The first kappa shape index (κ1) is 9.89. The Bertz CT molecular complexity index is 253. The van der Waals surface area contributed by atoms with Gasteiger partial charge in [-0.15, -0.1) is 0 Å². The number of nitrogens with zero attached hydrogens (tertiary/aromatic N) is 3. The maximum absolute atomic E-state index is 4.98. The third-order valence-electron chi connectivity index (χ3n) is 1.68. The molecule has 72 valence electrons. The fourth-order valence-corrected chi connectivity index (χ4v) is 1.03. The number of aryl methyl sites for hydroxylation is 2. The normalized spacial score (nSPS) is 10.1. The summed E-state index contributed by atoms with van der Waals surface area (Å²) in [6, 6.07) is 0.426. The zero-order valence-corrected chi connectivity index (χ0v) is 8.37. The van der Waals surface area contributed by atoms with E-state index in [4.69, 9.17) is 4.74 Å². The van der Waals surface area contributed by atoms with Crippen molar-refractivity contribution in [1.29, 1.82) is 0 Å². The van der Waals surface area contributed by atoms with Crippen molar-refractivity contribution >= 4 is 0 Å². The maximum Gasteiger partial charge on any atom is 0.319 e. The van der Waals surface area contributed by atoms with Gasteiger partial charge in [-0.05, 0) is 6.42 Å². The van der Waals surface area contributed by atoms with E-state index in [2.05, 4.69) is 21.9 Å². The molecule has 1 heterocycles. The molecule has 0 spiro atoms. The van der Waals surface area contributed by atoms with Crippen LogP contribution in [0.4, 0.5) is 0 Å². The van der Waals surface area contributed by atoms with E-state index in [1.165, 1.54) is 0 Å². The predicted octanol–water partition coefficient (Wildman–Crippen LogP) is 1.40. The molecule has 0 radical (unpaired) electrons. The molecule has 1 aromatic rings. The number of hydrogen-bond acceptors (Lipinski definition) is 4. The first-order valence-corrected chi connectivity index (χ1v) is 4.58. The molecule has 0 amide bonds. The molecule has 0 N–H and O–H groups in total. The summed E-state index contributed by atoms with van der Waals surface area (Å²) < 4.78 is 4.98. The van der Waals surface area contributed by atoms with Gasteiger partial charge in [0.2, 0.25) is 0 Å². The van der Waals surface area contributed by atoms with E-state index in [0.29, 0.717) is 6.01 Å². The zero-order chi connectivity index (χ0) is 9.68. The first-order chi connectivity index (χ1) is 6.30. The highest BCUT2D eigenvalue weighted by Gasteiger charge is 2.03. The second kappa shape index (κ2) is 4.74. The number of hydrogen-bond donors (Lipinski definition) is 0. The average molecular weight is 181 g/mol. The number of ether oxygens (including phenoxy) is 1. The van der Waals surface area contributed by atoms with Crippen molar-refractivity contribution in [2.45, 2.75) is 33.1 Å². The Morgan fingerprint density at radius 3 is 2.31 bits per heavy atom. The summed E-state index contributed by atoms with van der Waals surface area (Å²) in [6.45, 7) is 4.12. The topological polar surface area (TPSA) is 47.9 Å². The van der Waals surface area contributed by atoms with Gasteiger partial charge in [0.15, 0.2) is 0 Å². The SMILES string of the molecule is CCCc1nc(CC)nc(OC)n1. The Morgan fingerprint density at radius 1 is 1.08 bits per heavy atom. The fourth-order valence-electron chi connectivity index (χ4n) is 1.03. The summed E-state index contributed by atoms with van der Waals surface area (Å²) in [4.78, 5) is 12.5. The standard InChI is InChI=1S/C9H15N3O/c1-4-6-8-10-7(5-2)11-9(12-8)13-3/h4-6H2,1-3H3. The molecule has 0 aliphatic rings. The van der Waals surface area contributed by atoms with Crippen LogP contribution < -0.4 is 4.74 Å². The Morgan fingerprint density at radius 2 is 1.77 bits per heavy atom. The van der Waals surface area contributed by atoms with Crippen LogP contribution in [0.3, 0.4) is 0 Å². The highest BCUT2D eigenvalue weighted by molar-refractivity contribution is 5.01. The van der Waals surface area contributed by atoms with Crippen molar-refractivity contribution in [3.63, 3.8) is 0 Å². The van der Waals surface area contributed by atoms with Crippen molar-refractivity contribution in [2.24, 2.45) is 0 Å². The molecular formula is C9H15N3O. The molecule has 4 heteroatoms. The zero-order valence-electron chi connectivity index (χ0n) is 8.37. The van der Waals surface area contributed by atoms with Crippen LogP contribution >= 0.6 is 0 Å². The lowest BCUT2D eigenvalue weighted by atomic mass is 10.3. The van der Waals surface area contributed by atoms with E-state index in [1.54, 1.807) is 7.11 Å². The third kappa shape index (κ3) is 2.65. The molecule has 0 saturated heterocycles. The molecule has 1 rings (SSSR count). The van der Waals surface area contributed by atoms with Crippen molar-refractivity contribution < 1.29 is 4.74 Å².